The van der Waals surface area contributed by atoms with Crippen LogP contribution in [0.15, 0.2) is 0 Å². The molecule has 0 aromatic rings. The lowest BCUT2D eigenvalue weighted by molar-refractivity contribution is -0.337. The summed E-state index contributed by atoms with van der Waals surface area (Å²) >= 11 is 0. The molecule has 0 saturated heterocycles. The van der Waals surface area contributed by atoms with E-state index in [0.717, 1.165) is 12.8 Å². The zero-order valence-electron chi connectivity index (χ0n) is 16.6. The second-order valence-corrected chi connectivity index (χ2v) is 7.87. The van der Waals surface area contributed by atoms with Crippen molar-refractivity contribution in [2.24, 2.45) is 0 Å². The Morgan fingerprint density at radius 3 is 1.71 bits per heavy atom. The van der Waals surface area contributed by atoms with Crippen LogP contribution in [0.2, 0.25) is 0 Å². The summed E-state index contributed by atoms with van der Waals surface area (Å²) in [6, 6.07) is 0. The van der Waals surface area contributed by atoms with Gasteiger partial charge in [-0.05, 0) is 13.3 Å². The molecular formula is C18H38O5Si. The highest BCUT2D eigenvalue weighted by atomic mass is 28.1. The van der Waals surface area contributed by atoms with Gasteiger partial charge in [-0.3, -0.25) is 4.79 Å². The van der Waals surface area contributed by atoms with Gasteiger partial charge in [0, 0.05) is 27.8 Å². The quantitative estimate of drug-likeness (QED) is 0.194. The molecule has 144 valence electrons. The molecule has 0 aliphatic heterocycles. The van der Waals surface area contributed by atoms with Crippen LogP contribution in [-0.4, -0.2) is 48.7 Å². The van der Waals surface area contributed by atoms with Gasteiger partial charge in [0.05, 0.1) is 0 Å². The number of carbonyl (C=O) groups is 1. The van der Waals surface area contributed by atoms with E-state index in [4.69, 9.17) is 18.9 Å². The van der Waals surface area contributed by atoms with Gasteiger partial charge < -0.3 is 18.9 Å². The summed E-state index contributed by atoms with van der Waals surface area (Å²) in [5, 5.41) is 0. The molecule has 0 amide bonds. The van der Waals surface area contributed by atoms with E-state index in [2.05, 4.69) is 6.92 Å². The van der Waals surface area contributed by atoms with Crippen molar-refractivity contribution >= 4 is 16.2 Å². The van der Waals surface area contributed by atoms with Gasteiger partial charge in [0.25, 0.3) is 0 Å². The van der Waals surface area contributed by atoms with Gasteiger partial charge in [0.2, 0.25) is 11.2 Å². The molecule has 0 aliphatic carbocycles. The van der Waals surface area contributed by atoms with Crippen molar-refractivity contribution in [1.29, 1.82) is 0 Å². The number of unbranched alkanes of at least 4 members (excludes halogenated alkanes) is 8. The van der Waals surface area contributed by atoms with E-state index < -0.39 is 11.2 Å². The van der Waals surface area contributed by atoms with E-state index in [1.54, 1.807) is 6.92 Å². The number of carbonyl (C=O) groups excluding carboxylic acids is 1. The number of hydrogen-bond acceptors (Lipinski definition) is 5. The summed E-state index contributed by atoms with van der Waals surface area (Å²) < 4.78 is 21.7. The summed E-state index contributed by atoms with van der Waals surface area (Å²) in [6.45, 7) is 3.95. The Kier molecular flexibility index (Phi) is 12.6. The first-order chi connectivity index (χ1) is 11.4. The van der Waals surface area contributed by atoms with E-state index in [-0.39, 0.29) is 5.97 Å². The van der Waals surface area contributed by atoms with Gasteiger partial charge in [0.15, 0.2) is 0 Å². The highest BCUT2D eigenvalue weighted by Gasteiger charge is 2.49. The molecule has 1 atom stereocenters. The minimum Gasteiger partial charge on any atom is -0.433 e. The maximum atomic E-state index is 12.1. The van der Waals surface area contributed by atoms with Crippen LogP contribution in [0.5, 0.6) is 0 Å². The van der Waals surface area contributed by atoms with E-state index in [1.165, 1.54) is 66.3 Å². The van der Waals surface area contributed by atoms with Crippen molar-refractivity contribution < 1.29 is 23.7 Å². The number of hydrogen-bond donors (Lipinski definition) is 0. The summed E-state index contributed by atoms with van der Waals surface area (Å²) in [5.74, 6) is -1.35. The first-order valence-electron chi connectivity index (χ1n) is 9.26. The molecule has 0 aliphatic rings. The number of rotatable bonds is 15. The molecule has 0 saturated carbocycles. The molecule has 0 fully saturated rings. The third kappa shape index (κ3) is 8.10. The summed E-state index contributed by atoms with van der Waals surface area (Å²) in [7, 11) is 4.98. The zero-order chi connectivity index (χ0) is 18.5. The zero-order valence-corrected chi connectivity index (χ0v) is 18.6. The monoisotopic (exact) mass is 362 g/mol. The fraction of sp³-hybridized carbons (Fsp3) is 0.944. The van der Waals surface area contributed by atoms with Crippen molar-refractivity contribution in [1.82, 2.24) is 0 Å². The smallest absolute Gasteiger partial charge is 0.308 e. The third-order valence-corrected chi connectivity index (χ3v) is 6.31. The summed E-state index contributed by atoms with van der Waals surface area (Å²) in [5.41, 5.74) is -1.15. The van der Waals surface area contributed by atoms with Crippen molar-refractivity contribution in [2.75, 3.05) is 21.3 Å². The van der Waals surface area contributed by atoms with Crippen molar-refractivity contribution in [3.63, 3.8) is 0 Å². The molecule has 24 heavy (non-hydrogen) atoms. The van der Waals surface area contributed by atoms with Crippen LogP contribution in [0.4, 0.5) is 0 Å². The molecule has 6 heteroatoms. The molecular weight excluding hydrogens is 324 g/mol. The first kappa shape index (κ1) is 23.6. The van der Waals surface area contributed by atoms with Crippen LogP contribution < -0.4 is 0 Å². The first-order valence-corrected chi connectivity index (χ1v) is 10.3. The van der Waals surface area contributed by atoms with E-state index in [1.807, 2.05) is 0 Å². The lowest BCUT2D eigenvalue weighted by Gasteiger charge is -2.42. The Bertz CT molecular complexity index is 333. The van der Waals surface area contributed by atoms with Crippen LogP contribution in [0, 0.1) is 0 Å². The lowest BCUT2D eigenvalue weighted by atomic mass is 10.1. The second kappa shape index (κ2) is 12.9. The van der Waals surface area contributed by atoms with E-state index >= 15 is 0 Å². The standard InChI is InChI=1S/C18H38O5Si/c1-6-7-8-9-10-11-12-13-14-15-16(19)23-18(24,22-5)17(2,20-3)21-4/h6-15H2,1-5,24H3. The van der Waals surface area contributed by atoms with Crippen LogP contribution in [0.1, 0.15) is 78.1 Å². The average molecular weight is 363 g/mol. The molecule has 0 rings (SSSR count). The minimum absolute atomic E-state index is 0.255. The number of ether oxygens (including phenoxy) is 4. The van der Waals surface area contributed by atoms with Gasteiger partial charge >= 0.3 is 5.97 Å². The predicted octanol–water partition coefficient (Wildman–Crippen LogP) is 3.13. The van der Waals surface area contributed by atoms with Crippen molar-refractivity contribution in [3.05, 3.63) is 0 Å². The summed E-state index contributed by atoms with van der Waals surface area (Å²) in [6.07, 6.45) is 11.4. The van der Waals surface area contributed by atoms with Gasteiger partial charge in [-0.25, -0.2) is 0 Å². The minimum atomic E-state index is -1.15. The third-order valence-electron chi connectivity index (χ3n) is 4.79. The SMILES string of the molecule is CCCCCCCCCCCC(=O)OC([SiH3])(OC)C(C)(OC)OC. The molecule has 0 aromatic heterocycles. The van der Waals surface area contributed by atoms with Crippen LogP contribution in [0.25, 0.3) is 0 Å². The number of methoxy groups -OCH3 is 3. The van der Waals surface area contributed by atoms with E-state index in [0.29, 0.717) is 16.7 Å². The largest absolute Gasteiger partial charge is 0.433 e. The van der Waals surface area contributed by atoms with Crippen LogP contribution in [-0.2, 0) is 23.7 Å². The van der Waals surface area contributed by atoms with Crippen molar-refractivity contribution in [2.45, 2.75) is 89.3 Å². The van der Waals surface area contributed by atoms with Gasteiger partial charge in [-0.15, -0.1) is 0 Å². The van der Waals surface area contributed by atoms with Crippen molar-refractivity contribution in [3.8, 4) is 0 Å². The average Bonchev–Trinajstić information content (AvgIpc) is 2.59. The fourth-order valence-electron chi connectivity index (χ4n) is 2.62. The Morgan fingerprint density at radius 2 is 1.29 bits per heavy atom. The molecule has 5 nitrogen and oxygen atoms in total. The second-order valence-electron chi connectivity index (χ2n) is 6.56. The maximum Gasteiger partial charge on any atom is 0.308 e. The molecule has 0 heterocycles. The fourth-order valence-corrected chi connectivity index (χ4v) is 3.26. The Labute approximate surface area is 151 Å². The molecule has 1 unspecified atom stereocenters. The van der Waals surface area contributed by atoms with E-state index in [9.17, 15) is 4.79 Å². The van der Waals surface area contributed by atoms with Crippen LogP contribution in [0.3, 0.4) is 0 Å². The normalized spacial score (nSPS) is 14.5. The summed E-state index contributed by atoms with van der Waals surface area (Å²) in [4.78, 5) is 12.1. The molecule has 0 spiro atoms. The molecule has 0 N–H and O–H groups in total. The Balaban J connectivity index is 3.99. The highest BCUT2D eigenvalue weighted by molar-refractivity contribution is 6.15. The van der Waals surface area contributed by atoms with Gasteiger partial charge in [-0.2, -0.15) is 0 Å². The van der Waals surface area contributed by atoms with Gasteiger partial charge in [0.1, 0.15) is 10.2 Å². The Hall–Kier alpha value is -0.433. The Morgan fingerprint density at radius 1 is 0.833 bits per heavy atom. The van der Waals surface area contributed by atoms with Crippen LogP contribution >= 0.6 is 0 Å². The maximum absolute atomic E-state index is 12.1. The van der Waals surface area contributed by atoms with Gasteiger partial charge in [-0.1, -0.05) is 58.3 Å². The molecule has 0 radical (unpaired) electrons. The topological polar surface area (TPSA) is 54.0 Å². The molecule has 0 bridgehead atoms. The highest BCUT2D eigenvalue weighted by Crippen LogP contribution is 2.29. The lowest BCUT2D eigenvalue weighted by Crippen LogP contribution is -2.59. The molecule has 0 aromatic carbocycles. The predicted molar refractivity (Wildman–Crippen MR) is 100 cm³/mol. The number of esters is 1.